The molecule has 0 aromatic rings. The normalized spacial score (nSPS) is 14.5. The second kappa shape index (κ2) is 35.2. The van der Waals surface area contributed by atoms with Crippen molar-refractivity contribution < 1.29 is 37.3 Å². The number of carbonyl (C=O) groups is 1. The van der Waals surface area contributed by atoms with Gasteiger partial charge in [-0.15, -0.1) is 0 Å². The summed E-state index contributed by atoms with van der Waals surface area (Å²) in [6.45, 7) is 5.42. The fourth-order valence-corrected chi connectivity index (χ4v) is 5.73. The number of allylic oxidation sites excluding steroid dienone is 10. The minimum atomic E-state index is -4.27. The molecule has 2 unspecified atom stereocenters. The molecule has 0 fully saturated rings. The number of hydrogen-bond donors (Lipinski definition) is 1. The summed E-state index contributed by atoms with van der Waals surface area (Å²) in [5, 5.41) is 0. The molecule has 2 atom stereocenters. The van der Waals surface area contributed by atoms with Crippen LogP contribution in [-0.2, 0) is 27.9 Å². The summed E-state index contributed by atoms with van der Waals surface area (Å²) in [5.41, 5.74) is 0. The number of unbranched alkanes of at least 4 members (excludes halogenated alkanes) is 12. The first-order valence-electron chi connectivity index (χ1n) is 20.0. The number of phosphoric ester groups is 1. The van der Waals surface area contributed by atoms with E-state index in [2.05, 4.69) is 74.6 Å². The van der Waals surface area contributed by atoms with Crippen LogP contribution in [0.1, 0.15) is 142 Å². The van der Waals surface area contributed by atoms with E-state index >= 15 is 0 Å². The molecule has 0 spiro atoms. The lowest BCUT2D eigenvalue weighted by Gasteiger charge is -2.24. The first-order chi connectivity index (χ1) is 24.6. The molecule has 1 N–H and O–H groups in total. The van der Waals surface area contributed by atoms with Crippen LogP contribution in [0.5, 0.6) is 0 Å². The van der Waals surface area contributed by atoms with Gasteiger partial charge >= 0.3 is 13.8 Å². The van der Waals surface area contributed by atoms with Crippen molar-refractivity contribution in [3.05, 3.63) is 60.8 Å². The van der Waals surface area contributed by atoms with Crippen molar-refractivity contribution in [2.24, 2.45) is 0 Å². The summed E-state index contributed by atoms with van der Waals surface area (Å²) in [5.74, 6) is -0.331. The van der Waals surface area contributed by atoms with Crippen molar-refractivity contribution in [3.8, 4) is 0 Å². The van der Waals surface area contributed by atoms with Crippen LogP contribution >= 0.6 is 7.82 Å². The standard InChI is InChI=1S/C42H76NO7P/c1-6-8-10-12-14-15-16-17-18-19-20-21-22-23-24-25-26-27-28-29-30-31-33-35-42(44)50-41(39-47-37-34-32-13-11-9-7-2)40-49-51(45,46)48-38-36-43(3,4)5/h8,10,14-15,17-18,20-21,23-24,41H,6-7,9,11-13,16,19,22,25-40H2,1-5H3/p+1/b10-8-,15-14-,18-17-,21-20-,24-23-. The van der Waals surface area contributed by atoms with Crippen LogP contribution in [0.15, 0.2) is 60.8 Å². The van der Waals surface area contributed by atoms with Crippen molar-refractivity contribution >= 4 is 13.8 Å². The highest BCUT2D eigenvalue weighted by Crippen LogP contribution is 2.43. The largest absolute Gasteiger partial charge is 0.472 e. The number of quaternary nitrogens is 1. The molecule has 0 saturated carbocycles. The highest BCUT2D eigenvalue weighted by Gasteiger charge is 2.26. The fourth-order valence-electron chi connectivity index (χ4n) is 4.99. The zero-order chi connectivity index (χ0) is 37.7. The summed E-state index contributed by atoms with van der Waals surface area (Å²) in [7, 11) is 1.65. The minimum Gasteiger partial charge on any atom is -0.457 e. The molecule has 0 rings (SSSR count). The molecule has 0 saturated heterocycles. The zero-order valence-electron chi connectivity index (χ0n) is 33.3. The number of ether oxygens (including phenoxy) is 2. The van der Waals surface area contributed by atoms with Gasteiger partial charge < -0.3 is 18.9 Å². The highest BCUT2D eigenvalue weighted by molar-refractivity contribution is 7.47. The van der Waals surface area contributed by atoms with Crippen LogP contribution in [0.25, 0.3) is 0 Å². The van der Waals surface area contributed by atoms with Gasteiger partial charge in [-0.2, -0.15) is 0 Å². The Bertz CT molecular complexity index is 1000. The van der Waals surface area contributed by atoms with Gasteiger partial charge in [0.15, 0.2) is 0 Å². The zero-order valence-corrected chi connectivity index (χ0v) is 34.2. The van der Waals surface area contributed by atoms with E-state index in [-0.39, 0.29) is 25.8 Å². The second-order valence-electron chi connectivity index (χ2n) is 14.3. The molecular formula is C42H77NO7P+. The second-order valence-corrected chi connectivity index (χ2v) is 15.7. The predicted molar refractivity (Wildman–Crippen MR) is 215 cm³/mol. The number of phosphoric acid groups is 1. The van der Waals surface area contributed by atoms with Crippen LogP contribution in [-0.4, -0.2) is 75.6 Å². The fraction of sp³-hybridized carbons (Fsp3) is 0.738. The molecule has 0 aliphatic rings. The molecule has 0 amide bonds. The molecule has 0 bridgehead atoms. The van der Waals surface area contributed by atoms with Crippen LogP contribution in [0.4, 0.5) is 0 Å². The van der Waals surface area contributed by atoms with E-state index in [1.54, 1.807) is 0 Å². The number of hydrogen-bond acceptors (Lipinski definition) is 6. The third-order valence-corrected chi connectivity index (χ3v) is 9.08. The van der Waals surface area contributed by atoms with Gasteiger partial charge in [-0.05, 0) is 57.8 Å². The van der Waals surface area contributed by atoms with Crippen molar-refractivity contribution in [2.75, 3.05) is 54.1 Å². The summed E-state index contributed by atoms with van der Waals surface area (Å²) >= 11 is 0. The van der Waals surface area contributed by atoms with E-state index < -0.39 is 13.9 Å². The first kappa shape index (κ1) is 49.2. The van der Waals surface area contributed by atoms with Gasteiger partial charge in [0.25, 0.3) is 0 Å². The number of esters is 1. The van der Waals surface area contributed by atoms with Gasteiger partial charge in [0.1, 0.15) is 19.3 Å². The van der Waals surface area contributed by atoms with Gasteiger partial charge in [0.2, 0.25) is 0 Å². The maximum atomic E-state index is 12.6. The molecule has 0 radical (unpaired) electrons. The minimum absolute atomic E-state index is 0.0839. The van der Waals surface area contributed by atoms with E-state index in [0.717, 1.165) is 70.6 Å². The third kappa shape index (κ3) is 39.2. The van der Waals surface area contributed by atoms with Crippen LogP contribution in [0.3, 0.4) is 0 Å². The third-order valence-electron chi connectivity index (χ3n) is 8.09. The first-order valence-corrected chi connectivity index (χ1v) is 21.5. The summed E-state index contributed by atoms with van der Waals surface area (Å²) < 4.78 is 34.7. The predicted octanol–water partition coefficient (Wildman–Crippen LogP) is 11.4. The lowest BCUT2D eigenvalue weighted by molar-refractivity contribution is -0.870. The molecule has 0 aliphatic carbocycles. The maximum absolute atomic E-state index is 12.6. The monoisotopic (exact) mass is 739 g/mol. The molecule has 8 nitrogen and oxygen atoms in total. The summed E-state index contributed by atoms with van der Waals surface area (Å²) in [6.07, 6.45) is 42.7. The van der Waals surface area contributed by atoms with Crippen molar-refractivity contribution in [1.29, 1.82) is 0 Å². The average molecular weight is 739 g/mol. The smallest absolute Gasteiger partial charge is 0.457 e. The Morgan fingerprint density at radius 2 is 1.14 bits per heavy atom. The van der Waals surface area contributed by atoms with E-state index in [1.165, 1.54) is 51.4 Å². The average Bonchev–Trinajstić information content (AvgIpc) is 3.08. The lowest BCUT2D eigenvalue weighted by Crippen LogP contribution is -2.37. The Morgan fingerprint density at radius 1 is 0.627 bits per heavy atom. The van der Waals surface area contributed by atoms with Gasteiger partial charge in [-0.1, -0.05) is 139 Å². The van der Waals surface area contributed by atoms with Gasteiger partial charge in [0.05, 0.1) is 34.4 Å². The van der Waals surface area contributed by atoms with Gasteiger partial charge in [-0.25, -0.2) is 4.57 Å². The van der Waals surface area contributed by atoms with Gasteiger partial charge in [0, 0.05) is 13.0 Å². The summed E-state index contributed by atoms with van der Waals surface area (Å²) in [6, 6.07) is 0. The molecule has 51 heavy (non-hydrogen) atoms. The molecule has 0 aromatic heterocycles. The topological polar surface area (TPSA) is 91.3 Å². The number of nitrogens with zero attached hydrogens (tertiary/aromatic N) is 1. The molecule has 296 valence electrons. The van der Waals surface area contributed by atoms with Gasteiger partial charge in [-0.3, -0.25) is 13.8 Å². The Labute approximate surface area is 313 Å². The molecular weight excluding hydrogens is 661 g/mol. The Morgan fingerprint density at radius 3 is 1.71 bits per heavy atom. The van der Waals surface area contributed by atoms with Crippen molar-refractivity contribution in [3.63, 3.8) is 0 Å². The number of carbonyl (C=O) groups excluding carboxylic acids is 1. The van der Waals surface area contributed by atoms with E-state index in [9.17, 15) is 14.3 Å². The number of likely N-dealkylation sites (N-methyl/N-ethyl adjacent to an activating group) is 1. The van der Waals surface area contributed by atoms with Crippen molar-refractivity contribution in [1.82, 2.24) is 0 Å². The summed E-state index contributed by atoms with van der Waals surface area (Å²) in [4.78, 5) is 22.7. The maximum Gasteiger partial charge on any atom is 0.472 e. The van der Waals surface area contributed by atoms with Crippen molar-refractivity contribution in [2.45, 2.75) is 148 Å². The SMILES string of the molecule is CC/C=C\C/C=C\C/C=C\C/C=C\C/C=C\CCCCCCCCCC(=O)OC(COCCCCCCCC)COP(=O)(O)OCC[N+](C)(C)C. The highest BCUT2D eigenvalue weighted by atomic mass is 31.2. The molecule has 9 heteroatoms. The van der Waals surface area contributed by atoms with Crippen LogP contribution < -0.4 is 0 Å². The lowest BCUT2D eigenvalue weighted by atomic mass is 10.1. The van der Waals surface area contributed by atoms with E-state index in [4.69, 9.17) is 18.5 Å². The quantitative estimate of drug-likeness (QED) is 0.0225. The van der Waals surface area contributed by atoms with Crippen LogP contribution in [0.2, 0.25) is 0 Å². The Hall–Kier alpha value is -1.80. The molecule has 0 aliphatic heterocycles. The van der Waals surface area contributed by atoms with E-state index in [1.807, 2.05) is 21.1 Å². The Balaban J connectivity index is 4.13. The number of rotatable bonds is 36. The van der Waals surface area contributed by atoms with E-state index in [0.29, 0.717) is 24.1 Å². The van der Waals surface area contributed by atoms with Crippen LogP contribution in [0, 0.1) is 0 Å². The molecule has 0 heterocycles. The Kier molecular flexibility index (Phi) is 34.0. The molecule has 0 aromatic carbocycles.